The number of hydrogen-bond acceptors (Lipinski definition) is 1. The Bertz CT molecular complexity index is 424. The molecule has 1 rings (SSSR count). The summed E-state index contributed by atoms with van der Waals surface area (Å²) in [6.45, 7) is 5.13. The summed E-state index contributed by atoms with van der Waals surface area (Å²) >= 11 is 0. The van der Waals surface area contributed by atoms with E-state index in [0.29, 0.717) is 6.42 Å². The highest BCUT2D eigenvalue weighted by Crippen LogP contribution is 2.38. The molecule has 0 aliphatic rings. The summed E-state index contributed by atoms with van der Waals surface area (Å²) in [5.41, 5.74) is -1.32. The standard InChI is InChI=1S/C13H14F4O/c1-3-5-6-9-7-8-10(18-4-2)12(14)11(9)13(15,16)17/h3,7-8H,1,4-6H2,2H3. The van der Waals surface area contributed by atoms with Gasteiger partial charge in [-0.1, -0.05) is 12.1 Å². The monoisotopic (exact) mass is 262 g/mol. The molecule has 0 spiro atoms. The van der Waals surface area contributed by atoms with Crippen LogP contribution in [0.2, 0.25) is 0 Å². The van der Waals surface area contributed by atoms with E-state index in [-0.39, 0.29) is 24.3 Å². The minimum atomic E-state index is -4.73. The summed E-state index contributed by atoms with van der Waals surface area (Å²) in [5.74, 6) is -1.71. The summed E-state index contributed by atoms with van der Waals surface area (Å²) in [7, 11) is 0. The number of halogens is 4. The average Bonchev–Trinajstić information content (AvgIpc) is 2.28. The van der Waals surface area contributed by atoms with Crippen LogP contribution in [0.3, 0.4) is 0 Å². The molecule has 0 amide bonds. The second kappa shape index (κ2) is 5.89. The second-order valence-corrected chi connectivity index (χ2v) is 3.67. The maximum Gasteiger partial charge on any atom is 0.419 e. The van der Waals surface area contributed by atoms with Gasteiger partial charge >= 0.3 is 6.18 Å². The van der Waals surface area contributed by atoms with Crippen molar-refractivity contribution in [1.29, 1.82) is 0 Å². The van der Waals surface area contributed by atoms with E-state index in [1.165, 1.54) is 18.2 Å². The van der Waals surface area contributed by atoms with Gasteiger partial charge in [0.1, 0.15) is 0 Å². The van der Waals surface area contributed by atoms with E-state index in [4.69, 9.17) is 4.74 Å². The average molecular weight is 262 g/mol. The predicted octanol–water partition coefficient (Wildman–Crippen LogP) is 4.36. The zero-order valence-corrected chi connectivity index (χ0v) is 9.98. The van der Waals surface area contributed by atoms with E-state index in [9.17, 15) is 17.6 Å². The molecule has 0 unspecified atom stereocenters. The van der Waals surface area contributed by atoms with Crippen LogP contribution < -0.4 is 4.74 Å². The first-order valence-electron chi connectivity index (χ1n) is 5.54. The molecule has 0 heterocycles. The van der Waals surface area contributed by atoms with Crippen LogP contribution in [0.4, 0.5) is 17.6 Å². The van der Waals surface area contributed by atoms with Crippen LogP contribution >= 0.6 is 0 Å². The zero-order chi connectivity index (χ0) is 13.8. The lowest BCUT2D eigenvalue weighted by Crippen LogP contribution is -2.13. The van der Waals surface area contributed by atoms with Gasteiger partial charge in [-0.25, -0.2) is 4.39 Å². The number of allylic oxidation sites excluding steroid dienone is 1. The Balaban J connectivity index is 3.27. The number of ether oxygens (including phenoxy) is 1. The third-order valence-corrected chi connectivity index (χ3v) is 2.39. The quantitative estimate of drug-likeness (QED) is 0.566. The Labute approximate surface area is 103 Å². The summed E-state index contributed by atoms with van der Waals surface area (Å²) in [6.07, 6.45) is -2.78. The van der Waals surface area contributed by atoms with Gasteiger partial charge < -0.3 is 4.74 Å². The zero-order valence-electron chi connectivity index (χ0n) is 9.98. The molecule has 0 fully saturated rings. The van der Waals surface area contributed by atoms with E-state index in [0.717, 1.165) is 0 Å². The van der Waals surface area contributed by atoms with E-state index in [1.54, 1.807) is 6.92 Å². The molecule has 0 saturated heterocycles. The molecule has 18 heavy (non-hydrogen) atoms. The predicted molar refractivity (Wildman–Crippen MR) is 61.1 cm³/mol. The Hall–Kier alpha value is -1.52. The van der Waals surface area contributed by atoms with E-state index in [1.807, 2.05) is 0 Å². The van der Waals surface area contributed by atoms with Crippen LogP contribution in [0, 0.1) is 5.82 Å². The van der Waals surface area contributed by atoms with Crippen LogP contribution in [0.15, 0.2) is 24.8 Å². The van der Waals surface area contributed by atoms with Crippen LogP contribution in [0.5, 0.6) is 5.75 Å². The molecule has 1 aromatic carbocycles. The molecule has 0 aliphatic heterocycles. The van der Waals surface area contributed by atoms with Gasteiger partial charge in [-0.05, 0) is 31.4 Å². The molecule has 0 radical (unpaired) electrons. The van der Waals surface area contributed by atoms with Gasteiger partial charge in [-0.15, -0.1) is 6.58 Å². The first-order chi connectivity index (χ1) is 8.41. The number of alkyl halides is 3. The normalized spacial score (nSPS) is 11.4. The molecule has 1 aromatic rings. The molecule has 0 atom stereocenters. The lowest BCUT2D eigenvalue weighted by atomic mass is 10.0. The van der Waals surface area contributed by atoms with Crippen molar-refractivity contribution in [3.05, 3.63) is 41.7 Å². The Morgan fingerprint density at radius 2 is 2.00 bits per heavy atom. The van der Waals surface area contributed by atoms with Crippen LogP contribution in [-0.2, 0) is 12.6 Å². The fourth-order valence-corrected chi connectivity index (χ4v) is 1.64. The van der Waals surface area contributed by atoms with Crippen molar-refractivity contribution in [2.75, 3.05) is 6.61 Å². The van der Waals surface area contributed by atoms with Gasteiger partial charge in [0, 0.05) is 0 Å². The minimum absolute atomic E-state index is 0.0802. The number of aryl methyl sites for hydroxylation is 1. The minimum Gasteiger partial charge on any atom is -0.491 e. The number of benzene rings is 1. The van der Waals surface area contributed by atoms with Crippen molar-refractivity contribution in [2.45, 2.75) is 25.9 Å². The van der Waals surface area contributed by atoms with Crippen molar-refractivity contribution in [2.24, 2.45) is 0 Å². The molecule has 1 nitrogen and oxygen atoms in total. The largest absolute Gasteiger partial charge is 0.491 e. The van der Waals surface area contributed by atoms with Crippen molar-refractivity contribution in [1.82, 2.24) is 0 Å². The molecular weight excluding hydrogens is 248 g/mol. The van der Waals surface area contributed by atoms with Crippen molar-refractivity contribution in [3.8, 4) is 5.75 Å². The van der Waals surface area contributed by atoms with Crippen molar-refractivity contribution in [3.63, 3.8) is 0 Å². The Kier molecular flexibility index (Phi) is 4.76. The fraction of sp³-hybridized carbons (Fsp3) is 0.385. The molecule has 0 N–H and O–H groups in total. The van der Waals surface area contributed by atoms with Gasteiger partial charge in [0.15, 0.2) is 11.6 Å². The summed E-state index contributed by atoms with van der Waals surface area (Å²) < 4.78 is 57.1. The van der Waals surface area contributed by atoms with Gasteiger partial charge in [0.05, 0.1) is 12.2 Å². The fourth-order valence-electron chi connectivity index (χ4n) is 1.64. The molecule has 0 aliphatic carbocycles. The summed E-state index contributed by atoms with van der Waals surface area (Å²) in [4.78, 5) is 0. The molecule has 0 aromatic heterocycles. The van der Waals surface area contributed by atoms with Crippen LogP contribution in [-0.4, -0.2) is 6.61 Å². The highest BCUT2D eigenvalue weighted by atomic mass is 19.4. The highest BCUT2D eigenvalue weighted by Gasteiger charge is 2.38. The van der Waals surface area contributed by atoms with Gasteiger partial charge in [-0.2, -0.15) is 13.2 Å². The van der Waals surface area contributed by atoms with Crippen molar-refractivity contribution < 1.29 is 22.3 Å². The van der Waals surface area contributed by atoms with E-state index < -0.39 is 17.6 Å². The Morgan fingerprint density at radius 3 is 2.50 bits per heavy atom. The third-order valence-electron chi connectivity index (χ3n) is 2.39. The summed E-state index contributed by atoms with van der Waals surface area (Å²) in [6, 6.07) is 2.48. The topological polar surface area (TPSA) is 9.23 Å². The number of rotatable bonds is 5. The van der Waals surface area contributed by atoms with E-state index >= 15 is 0 Å². The first kappa shape index (κ1) is 14.5. The molecule has 0 saturated carbocycles. The van der Waals surface area contributed by atoms with Gasteiger partial charge in [0.2, 0.25) is 0 Å². The number of hydrogen-bond donors (Lipinski definition) is 0. The maximum absolute atomic E-state index is 13.8. The lowest BCUT2D eigenvalue weighted by Gasteiger charge is -2.16. The second-order valence-electron chi connectivity index (χ2n) is 3.67. The lowest BCUT2D eigenvalue weighted by molar-refractivity contribution is -0.140. The molecule has 5 heteroatoms. The highest BCUT2D eigenvalue weighted by molar-refractivity contribution is 5.39. The molecule has 0 bridgehead atoms. The van der Waals surface area contributed by atoms with Crippen molar-refractivity contribution >= 4 is 0 Å². The Morgan fingerprint density at radius 1 is 1.33 bits per heavy atom. The van der Waals surface area contributed by atoms with E-state index in [2.05, 4.69) is 6.58 Å². The summed E-state index contributed by atoms with van der Waals surface area (Å²) in [5, 5.41) is 0. The first-order valence-corrected chi connectivity index (χ1v) is 5.54. The van der Waals surface area contributed by atoms with Crippen LogP contribution in [0.25, 0.3) is 0 Å². The smallest absolute Gasteiger partial charge is 0.419 e. The molecular formula is C13H14F4O. The molecule has 100 valence electrons. The maximum atomic E-state index is 13.8. The third kappa shape index (κ3) is 3.24. The van der Waals surface area contributed by atoms with Crippen LogP contribution in [0.1, 0.15) is 24.5 Å². The van der Waals surface area contributed by atoms with Gasteiger partial charge in [0.25, 0.3) is 0 Å². The SMILES string of the molecule is C=CCCc1ccc(OCC)c(F)c1C(F)(F)F. The van der Waals surface area contributed by atoms with Gasteiger partial charge in [-0.3, -0.25) is 0 Å².